The molecule has 0 aromatic carbocycles. The van der Waals surface area contributed by atoms with E-state index < -0.39 is 5.97 Å². The molecular formula is C14H21N3O2S. The summed E-state index contributed by atoms with van der Waals surface area (Å²) in [5, 5.41) is 4.12. The van der Waals surface area contributed by atoms with E-state index in [4.69, 9.17) is 5.73 Å². The lowest BCUT2D eigenvalue weighted by atomic mass is 9.95. The van der Waals surface area contributed by atoms with Gasteiger partial charge in [-0.1, -0.05) is 0 Å². The molecule has 1 fully saturated rings. The summed E-state index contributed by atoms with van der Waals surface area (Å²) >= 11 is 1.94. The van der Waals surface area contributed by atoms with Gasteiger partial charge in [0.15, 0.2) is 5.69 Å². The van der Waals surface area contributed by atoms with E-state index in [-0.39, 0.29) is 5.69 Å². The van der Waals surface area contributed by atoms with E-state index in [1.165, 1.54) is 20.0 Å². The van der Waals surface area contributed by atoms with Crippen molar-refractivity contribution in [3.05, 3.63) is 17.8 Å². The number of carbonyl (C=O) groups is 1. The van der Waals surface area contributed by atoms with Crippen molar-refractivity contribution < 1.29 is 9.53 Å². The van der Waals surface area contributed by atoms with Gasteiger partial charge in [0.2, 0.25) is 0 Å². The van der Waals surface area contributed by atoms with Crippen molar-refractivity contribution in [2.24, 2.45) is 0 Å². The Hall–Kier alpha value is -1.43. The van der Waals surface area contributed by atoms with Crippen LogP contribution in [-0.4, -0.2) is 35.6 Å². The lowest BCUT2D eigenvalue weighted by Gasteiger charge is -2.28. The number of nitrogen functional groups attached to an aromatic ring is 1. The van der Waals surface area contributed by atoms with Crippen LogP contribution in [0.15, 0.2) is 12.1 Å². The van der Waals surface area contributed by atoms with Gasteiger partial charge in [0.05, 0.1) is 12.8 Å². The average molecular weight is 295 g/mol. The number of ether oxygens (including phenoxy) is 1. The number of pyridine rings is 1. The number of carbonyl (C=O) groups excluding carboxylic acids is 1. The van der Waals surface area contributed by atoms with Gasteiger partial charge in [0, 0.05) is 11.3 Å². The fourth-order valence-corrected chi connectivity index (χ4v) is 3.18. The first-order chi connectivity index (χ1) is 9.63. The minimum Gasteiger partial charge on any atom is -0.464 e. The maximum absolute atomic E-state index is 11.5. The monoisotopic (exact) mass is 295 g/mol. The molecule has 1 aliphatic rings. The van der Waals surface area contributed by atoms with E-state index in [2.05, 4.69) is 21.3 Å². The van der Waals surface area contributed by atoms with Crippen molar-refractivity contribution in [3.63, 3.8) is 0 Å². The summed E-state index contributed by atoms with van der Waals surface area (Å²) in [5.41, 5.74) is 6.76. The molecule has 0 aliphatic heterocycles. The Balaban J connectivity index is 2.03. The van der Waals surface area contributed by atoms with Gasteiger partial charge in [-0.05, 0) is 44.1 Å². The van der Waals surface area contributed by atoms with Gasteiger partial charge < -0.3 is 15.8 Å². The zero-order valence-electron chi connectivity index (χ0n) is 11.9. The Morgan fingerprint density at radius 3 is 2.70 bits per heavy atom. The Kier molecular flexibility index (Phi) is 5.11. The highest BCUT2D eigenvalue weighted by Gasteiger charge is 2.21. The third-order valence-corrected chi connectivity index (χ3v) is 4.81. The Bertz CT molecular complexity index is 473. The smallest absolute Gasteiger partial charge is 0.356 e. The molecule has 6 heteroatoms. The fourth-order valence-electron chi connectivity index (χ4n) is 2.44. The van der Waals surface area contributed by atoms with Crippen molar-refractivity contribution in [2.75, 3.05) is 24.4 Å². The van der Waals surface area contributed by atoms with Crippen LogP contribution in [-0.2, 0) is 4.74 Å². The standard InChI is InChI=1S/C14H21N3O2S/c1-19-14(18)12-8-7-11(15)13(17-12)16-9-3-5-10(20-2)6-4-9/h7-10H,3-6,15H2,1-2H3,(H,16,17). The number of esters is 1. The highest BCUT2D eigenvalue weighted by molar-refractivity contribution is 7.99. The molecule has 0 saturated heterocycles. The van der Waals surface area contributed by atoms with Crippen molar-refractivity contribution in [1.29, 1.82) is 0 Å². The molecule has 110 valence electrons. The van der Waals surface area contributed by atoms with Crippen molar-refractivity contribution >= 4 is 29.2 Å². The van der Waals surface area contributed by atoms with E-state index >= 15 is 0 Å². The molecule has 1 saturated carbocycles. The second kappa shape index (κ2) is 6.83. The third-order valence-electron chi connectivity index (χ3n) is 3.67. The number of anilines is 2. The summed E-state index contributed by atoms with van der Waals surface area (Å²) in [6.45, 7) is 0. The molecule has 1 heterocycles. The van der Waals surface area contributed by atoms with Crippen molar-refractivity contribution in [2.45, 2.75) is 37.0 Å². The Morgan fingerprint density at radius 1 is 1.40 bits per heavy atom. The predicted molar refractivity (Wildman–Crippen MR) is 83.2 cm³/mol. The highest BCUT2D eigenvalue weighted by Crippen LogP contribution is 2.29. The molecule has 3 N–H and O–H groups in total. The number of hydrogen-bond donors (Lipinski definition) is 2. The summed E-state index contributed by atoms with van der Waals surface area (Å²) in [7, 11) is 1.34. The second-order valence-corrected chi connectivity index (χ2v) is 6.12. The molecule has 1 aromatic rings. The van der Waals surface area contributed by atoms with Crippen LogP contribution in [0.2, 0.25) is 0 Å². The maximum atomic E-state index is 11.5. The molecule has 0 spiro atoms. The van der Waals surface area contributed by atoms with Crippen molar-refractivity contribution in [3.8, 4) is 0 Å². The summed E-state index contributed by atoms with van der Waals surface area (Å²) in [5.74, 6) is 0.139. The average Bonchev–Trinajstić information content (AvgIpc) is 2.49. The lowest BCUT2D eigenvalue weighted by Crippen LogP contribution is -2.28. The van der Waals surface area contributed by atoms with Crippen LogP contribution < -0.4 is 11.1 Å². The second-order valence-electron chi connectivity index (χ2n) is 4.98. The van der Waals surface area contributed by atoms with E-state index in [9.17, 15) is 4.79 Å². The molecule has 5 nitrogen and oxygen atoms in total. The van der Waals surface area contributed by atoms with Gasteiger partial charge in [0.1, 0.15) is 5.82 Å². The van der Waals surface area contributed by atoms with E-state index in [1.807, 2.05) is 11.8 Å². The number of aromatic nitrogens is 1. The minimum atomic E-state index is -0.445. The molecule has 2 rings (SSSR count). The summed E-state index contributed by atoms with van der Waals surface area (Å²) < 4.78 is 4.68. The number of nitrogens with one attached hydrogen (secondary N) is 1. The third kappa shape index (κ3) is 3.56. The van der Waals surface area contributed by atoms with Crippen LogP contribution >= 0.6 is 11.8 Å². The largest absolute Gasteiger partial charge is 0.464 e. The van der Waals surface area contributed by atoms with Gasteiger partial charge in [-0.25, -0.2) is 9.78 Å². The quantitative estimate of drug-likeness (QED) is 0.831. The van der Waals surface area contributed by atoms with Gasteiger partial charge in [-0.3, -0.25) is 0 Å². The van der Waals surface area contributed by atoms with Crippen LogP contribution in [0.4, 0.5) is 11.5 Å². The molecule has 0 bridgehead atoms. The number of methoxy groups -OCH3 is 1. The van der Waals surface area contributed by atoms with E-state index in [1.54, 1.807) is 12.1 Å². The minimum absolute atomic E-state index is 0.280. The molecule has 1 aromatic heterocycles. The van der Waals surface area contributed by atoms with Crippen LogP contribution in [0.25, 0.3) is 0 Å². The molecule has 0 amide bonds. The first-order valence-electron chi connectivity index (χ1n) is 6.78. The Labute approximate surface area is 123 Å². The lowest BCUT2D eigenvalue weighted by molar-refractivity contribution is 0.0594. The van der Waals surface area contributed by atoms with Crippen LogP contribution in [0.3, 0.4) is 0 Å². The molecule has 0 atom stereocenters. The van der Waals surface area contributed by atoms with Crippen LogP contribution in [0.1, 0.15) is 36.2 Å². The van der Waals surface area contributed by atoms with Gasteiger partial charge in [0.25, 0.3) is 0 Å². The summed E-state index contributed by atoms with van der Waals surface area (Å²) in [4.78, 5) is 15.8. The summed E-state index contributed by atoms with van der Waals surface area (Å²) in [6.07, 6.45) is 6.78. The van der Waals surface area contributed by atoms with Gasteiger partial charge >= 0.3 is 5.97 Å². The Morgan fingerprint density at radius 2 is 2.10 bits per heavy atom. The van der Waals surface area contributed by atoms with Gasteiger partial charge in [-0.2, -0.15) is 11.8 Å². The molecular weight excluding hydrogens is 274 g/mol. The van der Waals surface area contributed by atoms with Gasteiger partial charge in [-0.15, -0.1) is 0 Å². The zero-order chi connectivity index (χ0) is 14.5. The maximum Gasteiger partial charge on any atom is 0.356 e. The number of nitrogens with zero attached hydrogens (tertiary/aromatic N) is 1. The number of thioether (sulfide) groups is 1. The highest BCUT2D eigenvalue weighted by atomic mass is 32.2. The first kappa shape index (κ1) is 15.0. The normalized spacial score (nSPS) is 22.3. The first-order valence-corrected chi connectivity index (χ1v) is 8.07. The van der Waals surface area contributed by atoms with Crippen LogP contribution in [0, 0.1) is 0 Å². The van der Waals surface area contributed by atoms with E-state index in [0.29, 0.717) is 17.5 Å². The molecule has 1 aliphatic carbocycles. The molecule has 0 radical (unpaired) electrons. The molecule has 20 heavy (non-hydrogen) atoms. The number of hydrogen-bond acceptors (Lipinski definition) is 6. The number of rotatable bonds is 4. The van der Waals surface area contributed by atoms with Crippen LogP contribution in [0.5, 0.6) is 0 Å². The van der Waals surface area contributed by atoms with Crippen molar-refractivity contribution in [1.82, 2.24) is 4.98 Å². The molecule has 0 unspecified atom stereocenters. The number of nitrogens with two attached hydrogens (primary N) is 1. The predicted octanol–water partition coefficient (Wildman–Crippen LogP) is 2.54. The zero-order valence-corrected chi connectivity index (χ0v) is 12.7. The topological polar surface area (TPSA) is 77.2 Å². The van der Waals surface area contributed by atoms with E-state index in [0.717, 1.165) is 18.1 Å². The fraction of sp³-hybridized carbons (Fsp3) is 0.571. The SMILES string of the molecule is COC(=O)c1ccc(N)c(NC2CCC(SC)CC2)n1. The summed E-state index contributed by atoms with van der Waals surface area (Å²) in [6, 6.07) is 3.65.